The van der Waals surface area contributed by atoms with Crippen molar-refractivity contribution in [1.82, 2.24) is 14.9 Å². The highest BCUT2D eigenvalue weighted by Crippen LogP contribution is 2.22. The molecule has 0 saturated heterocycles. The lowest BCUT2D eigenvalue weighted by molar-refractivity contribution is 0.548. The van der Waals surface area contributed by atoms with Gasteiger partial charge in [0.15, 0.2) is 0 Å². The van der Waals surface area contributed by atoms with E-state index in [0.29, 0.717) is 5.92 Å². The van der Waals surface area contributed by atoms with Crippen LogP contribution in [0, 0.1) is 5.92 Å². The third-order valence-corrected chi connectivity index (χ3v) is 3.73. The number of thiophene rings is 1. The number of aromatic nitrogens is 2. The van der Waals surface area contributed by atoms with Crippen molar-refractivity contribution in [2.24, 2.45) is 5.92 Å². The Balaban J connectivity index is 1.86. The number of rotatable bonds is 6. The number of hydrogen-bond donors (Lipinski definition) is 1. The molecule has 0 saturated carbocycles. The van der Waals surface area contributed by atoms with Crippen LogP contribution < -0.4 is 5.32 Å². The Bertz CT molecular complexity index is 490. The Kier molecular flexibility index (Phi) is 4.80. The van der Waals surface area contributed by atoms with Gasteiger partial charge in [-0.25, -0.2) is 4.98 Å². The van der Waals surface area contributed by atoms with Gasteiger partial charge in [-0.05, 0) is 24.6 Å². The summed E-state index contributed by atoms with van der Waals surface area (Å²) in [5, 5.41) is 3.39. The van der Waals surface area contributed by atoms with E-state index in [4.69, 9.17) is 11.6 Å². The number of nitrogens with zero attached hydrogens (tertiary/aromatic N) is 2. The molecule has 0 radical (unpaired) electrons. The van der Waals surface area contributed by atoms with Crippen LogP contribution in [0.2, 0.25) is 4.34 Å². The van der Waals surface area contributed by atoms with Gasteiger partial charge in [-0.3, -0.25) is 0 Å². The SMILES string of the molecule is CC(C)CNCc1cn(Cc2ccc(Cl)s2)cn1. The zero-order chi connectivity index (χ0) is 13.0. The maximum absolute atomic E-state index is 5.91. The monoisotopic (exact) mass is 283 g/mol. The van der Waals surface area contributed by atoms with E-state index < -0.39 is 0 Å². The van der Waals surface area contributed by atoms with Gasteiger partial charge in [0.2, 0.25) is 0 Å². The molecule has 0 aliphatic rings. The quantitative estimate of drug-likeness (QED) is 0.881. The Hall–Kier alpha value is -0.840. The lowest BCUT2D eigenvalue weighted by atomic mass is 10.2. The van der Waals surface area contributed by atoms with Crippen molar-refractivity contribution < 1.29 is 0 Å². The molecule has 2 rings (SSSR count). The van der Waals surface area contributed by atoms with Crippen molar-refractivity contribution in [2.75, 3.05) is 6.54 Å². The average molecular weight is 284 g/mol. The molecule has 3 nitrogen and oxygen atoms in total. The highest BCUT2D eigenvalue weighted by Gasteiger charge is 2.02. The fraction of sp³-hybridized carbons (Fsp3) is 0.462. The molecule has 2 heterocycles. The molecule has 0 aliphatic heterocycles. The van der Waals surface area contributed by atoms with Crippen molar-refractivity contribution in [3.63, 3.8) is 0 Å². The fourth-order valence-corrected chi connectivity index (χ4v) is 2.79. The van der Waals surface area contributed by atoms with Gasteiger partial charge in [0.25, 0.3) is 0 Å². The second-order valence-electron chi connectivity index (χ2n) is 4.77. The lowest BCUT2D eigenvalue weighted by Gasteiger charge is -2.04. The third kappa shape index (κ3) is 4.12. The van der Waals surface area contributed by atoms with Crippen LogP contribution in [0.25, 0.3) is 0 Å². The molecule has 0 atom stereocenters. The van der Waals surface area contributed by atoms with Crippen molar-refractivity contribution >= 4 is 22.9 Å². The smallest absolute Gasteiger partial charge is 0.0953 e. The number of nitrogens with one attached hydrogen (secondary N) is 1. The van der Waals surface area contributed by atoms with Gasteiger partial charge >= 0.3 is 0 Å². The van der Waals surface area contributed by atoms with Gasteiger partial charge in [0.05, 0.1) is 22.9 Å². The van der Waals surface area contributed by atoms with Crippen LogP contribution in [-0.2, 0) is 13.1 Å². The van der Waals surface area contributed by atoms with Crippen LogP contribution in [0.5, 0.6) is 0 Å². The predicted molar refractivity (Wildman–Crippen MR) is 77.2 cm³/mol. The molecule has 5 heteroatoms. The van der Waals surface area contributed by atoms with E-state index >= 15 is 0 Å². The highest BCUT2D eigenvalue weighted by molar-refractivity contribution is 7.16. The standard InChI is InChI=1S/C13H18ClN3S/c1-10(2)5-15-6-11-7-17(9-16-11)8-12-3-4-13(14)18-12/h3-4,7,9-10,15H,5-6,8H2,1-2H3. The van der Waals surface area contributed by atoms with Crippen LogP contribution in [0.3, 0.4) is 0 Å². The van der Waals surface area contributed by atoms with Gasteiger partial charge in [0, 0.05) is 17.6 Å². The Morgan fingerprint density at radius 1 is 1.44 bits per heavy atom. The van der Waals surface area contributed by atoms with Crippen LogP contribution in [-0.4, -0.2) is 16.1 Å². The average Bonchev–Trinajstić information content (AvgIpc) is 2.89. The number of hydrogen-bond acceptors (Lipinski definition) is 3. The molecule has 18 heavy (non-hydrogen) atoms. The van der Waals surface area contributed by atoms with E-state index in [0.717, 1.165) is 29.7 Å². The summed E-state index contributed by atoms with van der Waals surface area (Å²) in [6.07, 6.45) is 3.96. The molecule has 0 aromatic carbocycles. The van der Waals surface area contributed by atoms with Crippen molar-refractivity contribution in [1.29, 1.82) is 0 Å². The second-order valence-corrected chi connectivity index (χ2v) is 6.57. The zero-order valence-electron chi connectivity index (χ0n) is 10.7. The molecule has 98 valence electrons. The number of imidazole rings is 1. The minimum atomic E-state index is 0.667. The maximum Gasteiger partial charge on any atom is 0.0953 e. The van der Waals surface area contributed by atoms with E-state index in [1.165, 1.54) is 4.88 Å². The summed E-state index contributed by atoms with van der Waals surface area (Å²) in [5.74, 6) is 0.667. The summed E-state index contributed by atoms with van der Waals surface area (Å²) in [6.45, 7) is 7.09. The minimum absolute atomic E-state index is 0.667. The molecule has 0 bridgehead atoms. The van der Waals surface area contributed by atoms with Crippen molar-refractivity contribution in [2.45, 2.75) is 26.9 Å². The van der Waals surface area contributed by atoms with Crippen LogP contribution in [0.4, 0.5) is 0 Å². The summed E-state index contributed by atoms with van der Waals surface area (Å²) in [5.41, 5.74) is 1.08. The Labute approximate surface area is 117 Å². The minimum Gasteiger partial charge on any atom is -0.332 e. The van der Waals surface area contributed by atoms with E-state index in [-0.39, 0.29) is 0 Å². The van der Waals surface area contributed by atoms with E-state index in [1.54, 1.807) is 11.3 Å². The normalized spacial score (nSPS) is 11.3. The molecular formula is C13H18ClN3S. The Morgan fingerprint density at radius 3 is 2.94 bits per heavy atom. The molecule has 0 spiro atoms. The molecule has 0 fully saturated rings. The zero-order valence-corrected chi connectivity index (χ0v) is 12.3. The second kappa shape index (κ2) is 6.36. The first-order chi connectivity index (χ1) is 8.63. The predicted octanol–water partition coefficient (Wildman–Crippen LogP) is 3.39. The third-order valence-electron chi connectivity index (χ3n) is 2.51. The van der Waals surface area contributed by atoms with Crippen molar-refractivity contribution in [3.8, 4) is 0 Å². The van der Waals surface area contributed by atoms with Gasteiger partial charge in [-0.15, -0.1) is 11.3 Å². The first kappa shape index (κ1) is 13.6. The van der Waals surface area contributed by atoms with Crippen LogP contribution in [0.15, 0.2) is 24.7 Å². The number of halogens is 1. The maximum atomic E-state index is 5.91. The topological polar surface area (TPSA) is 29.9 Å². The fourth-order valence-electron chi connectivity index (χ4n) is 1.69. The molecular weight excluding hydrogens is 266 g/mol. The van der Waals surface area contributed by atoms with Gasteiger partial charge < -0.3 is 9.88 Å². The molecule has 0 aliphatic carbocycles. The summed E-state index contributed by atoms with van der Waals surface area (Å²) < 4.78 is 2.93. The first-order valence-corrected chi connectivity index (χ1v) is 7.28. The summed E-state index contributed by atoms with van der Waals surface area (Å²) >= 11 is 7.53. The van der Waals surface area contributed by atoms with Crippen molar-refractivity contribution in [3.05, 3.63) is 39.6 Å². The first-order valence-electron chi connectivity index (χ1n) is 6.09. The van der Waals surface area contributed by atoms with Crippen LogP contribution >= 0.6 is 22.9 Å². The summed E-state index contributed by atoms with van der Waals surface area (Å²) in [6, 6.07) is 3.99. The highest BCUT2D eigenvalue weighted by atomic mass is 35.5. The molecule has 0 amide bonds. The van der Waals surface area contributed by atoms with Gasteiger partial charge in [-0.2, -0.15) is 0 Å². The van der Waals surface area contributed by atoms with Crippen LogP contribution in [0.1, 0.15) is 24.4 Å². The van der Waals surface area contributed by atoms with E-state index in [2.05, 4.69) is 41.0 Å². The van der Waals surface area contributed by atoms with Gasteiger partial charge in [-0.1, -0.05) is 25.4 Å². The molecule has 2 aromatic rings. The molecule has 0 unspecified atom stereocenters. The molecule has 2 aromatic heterocycles. The summed E-state index contributed by atoms with van der Waals surface area (Å²) in [4.78, 5) is 5.64. The lowest BCUT2D eigenvalue weighted by Crippen LogP contribution is -2.19. The molecule has 1 N–H and O–H groups in total. The summed E-state index contributed by atoms with van der Waals surface area (Å²) in [7, 11) is 0. The van der Waals surface area contributed by atoms with Gasteiger partial charge in [0.1, 0.15) is 0 Å². The van der Waals surface area contributed by atoms with E-state index in [9.17, 15) is 0 Å². The largest absolute Gasteiger partial charge is 0.332 e. The Morgan fingerprint density at radius 2 is 2.28 bits per heavy atom. The van der Waals surface area contributed by atoms with E-state index in [1.807, 2.05) is 12.4 Å².